The Labute approximate surface area is 124 Å². The summed E-state index contributed by atoms with van der Waals surface area (Å²) < 4.78 is 30.8. The fourth-order valence-corrected chi connectivity index (χ4v) is 3.64. The number of rotatable bonds is 5. The fraction of sp³-hybridized carbons (Fsp3) is 0.417. The summed E-state index contributed by atoms with van der Waals surface area (Å²) in [4.78, 5) is 11.7. The van der Waals surface area contributed by atoms with Crippen molar-refractivity contribution in [3.8, 4) is 0 Å². The quantitative estimate of drug-likeness (QED) is 0.727. The van der Waals surface area contributed by atoms with Gasteiger partial charge in [0.25, 0.3) is 0 Å². The van der Waals surface area contributed by atoms with E-state index in [9.17, 15) is 13.2 Å². The van der Waals surface area contributed by atoms with Gasteiger partial charge >= 0.3 is 5.76 Å². The molecule has 1 aromatic carbocycles. The van der Waals surface area contributed by atoms with Crippen LogP contribution in [0.2, 0.25) is 0 Å². The molecule has 0 aliphatic carbocycles. The molecule has 0 N–H and O–H groups in total. The highest BCUT2D eigenvalue weighted by Gasteiger charge is 2.14. The lowest BCUT2D eigenvalue weighted by atomic mass is 10.3. The van der Waals surface area contributed by atoms with Gasteiger partial charge in [0.15, 0.2) is 15.4 Å². The van der Waals surface area contributed by atoms with Crippen LogP contribution in [-0.2, 0) is 16.4 Å². The number of sulfone groups is 1. The summed E-state index contributed by atoms with van der Waals surface area (Å²) in [5.74, 6) is -0.403. The third kappa shape index (κ3) is 3.38. The standard InChI is InChI=1S/C12H14INO4S/c1-2-6-19(16,17)7-5-14-10-4-3-9(13)8-11(10)18-12(14)15/h3-4,8H,2,5-7H2,1H3. The van der Waals surface area contributed by atoms with Crippen LogP contribution in [0.3, 0.4) is 0 Å². The first-order valence-corrected chi connectivity index (χ1v) is 8.82. The number of aromatic nitrogens is 1. The summed E-state index contributed by atoms with van der Waals surface area (Å²) in [5, 5.41) is 0. The zero-order valence-electron chi connectivity index (χ0n) is 10.4. The number of aryl methyl sites for hydroxylation is 1. The number of hydrogen-bond acceptors (Lipinski definition) is 4. The molecule has 0 spiro atoms. The molecule has 0 saturated carbocycles. The van der Waals surface area contributed by atoms with Crippen LogP contribution < -0.4 is 5.76 Å². The van der Waals surface area contributed by atoms with Crippen molar-refractivity contribution in [3.05, 3.63) is 32.3 Å². The summed E-state index contributed by atoms with van der Waals surface area (Å²) in [6, 6.07) is 5.39. The van der Waals surface area contributed by atoms with Crippen molar-refractivity contribution in [1.82, 2.24) is 4.57 Å². The van der Waals surface area contributed by atoms with Crippen LogP contribution in [0.1, 0.15) is 13.3 Å². The van der Waals surface area contributed by atoms with Crippen molar-refractivity contribution in [1.29, 1.82) is 0 Å². The van der Waals surface area contributed by atoms with E-state index in [1.165, 1.54) is 4.57 Å². The number of benzene rings is 1. The lowest BCUT2D eigenvalue weighted by Gasteiger charge is -2.03. The highest BCUT2D eigenvalue weighted by molar-refractivity contribution is 14.1. The molecule has 5 nitrogen and oxygen atoms in total. The highest BCUT2D eigenvalue weighted by atomic mass is 127. The molecule has 104 valence electrons. The maximum absolute atomic E-state index is 11.7. The summed E-state index contributed by atoms with van der Waals surface area (Å²) in [6.07, 6.45) is 0.585. The molecule has 0 saturated heterocycles. The molecule has 7 heteroatoms. The third-order valence-corrected chi connectivity index (χ3v) is 5.28. The molecule has 0 bridgehead atoms. The molecular weight excluding hydrogens is 381 g/mol. The van der Waals surface area contributed by atoms with Gasteiger partial charge in [-0.3, -0.25) is 4.57 Å². The van der Waals surface area contributed by atoms with Gasteiger partial charge in [-0.15, -0.1) is 0 Å². The Kier molecular flexibility index (Phi) is 4.34. The van der Waals surface area contributed by atoms with Gasteiger partial charge in [0.05, 0.1) is 11.3 Å². The Bertz CT molecular complexity index is 745. The molecule has 1 heterocycles. The number of halogens is 1. The van der Waals surface area contributed by atoms with E-state index in [-0.39, 0.29) is 18.1 Å². The lowest BCUT2D eigenvalue weighted by molar-refractivity contribution is 0.511. The van der Waals surface area contributed by atoms with Crippen molar-refractivity contribution < 1.29 is 12.8 Å². The average molecular weight is 395 g/mol. The largest absolute Gasteiger partial charge is 0.419 e. The second-order valence-electron chi connectivity index (χ2n) is 4.28. The predicted molar refractivity (Wildman–Crippen MR) is 82.1 cm³/mol. The van der Waals surface area contributed by atoms with E-state index in [0.29, 0.717) is 17.5 Å². The molecule has 19 heavy (non-hydrogen) atoms. The minimum Gasteiger partial charge on any atom is -0.408 e. The molecule has 0 amide bonds. The maximum atomic E-state index is 11.7. The first kappa shape index (κ1) is 14.6. The van der Waals surface area contributed by atoms with Crippen molar-refractivity contribution in [2.45, 2.75) is 19.9 Å². The Morgan fingerprint density at radius 1 is 1.32 bits per heavy atom. The van der Waals surface area contributed by atoms with Crippen LogP contribution in [0.15, 0.2) is 27.4 Å². The van der Waals surface area contributed by atoms with Crippen molar-refractivity contribution >= 4 is 43.5 Å². The van der Waals surface area contributed by atoms with Gasteiger partial charge in [-0.05, 0) is 47.2 Å². The Morgan fingerprint density at radius 3 is 2.74 bits per heavy atom. The molecule has 0 radical (unpaired) electrons. The maximum Gasteiger partial charge on any atom is 0.419 e. The number of hydrogen-bond donors (Lipinski definition) is 0. The van der Waals surface area contributed by atoms with E-state index in [0.717, 1.165) is 3.57 Å². The first-order chi connectivity index (χ1) is 8.93. The van der Waals surface area contributed by atoms with Gasteiger partial charge in [-0.1, -0.05) is 6.92 Å². The second-order valence-corrected chi connectivity index (χ2v) is 7.83. The van der Waals surface area contributed by atoms with E-state index in [2.05, 4.69) is 22.6 Å². The van der Waals surface area contributed by atoms with E-state index < -0.39 is 15.6 Å². The van der Waals surface area contributed by atoms with E-state index in [1.54, 1.807) is 12.1 Å². The van der Waals surface area contributed by atoms with Gasteiger partial charge in [-0.2, -0.15) is 0 Å². The van der Waals surface area contributed by atoms with Crippen molar-refractivity contribution in [2.75, 3.05) is 11.5 Å². The number of nitrogens with zero attached hydrogens (tertiary/aromatic N) is 1. The normalized spacial score (nSPS) is 12.1. The Balaban J connectivity index is 2.31. The van der Waals surface area contributed by atoms with Crippen LogP contribution in [0, 0.1) is 3.57 Å². The molecule has 0 unspecified atom stereocenters. The summed E-state index contributed by atoms with van der Waals surface area (Å²) >= 11 is 2.13. The number of fused-ring (bicyclic) bond motifs is 1. The molecule has 1 aromatic heterocycles. The number of oxazole rings is 1. The van der Waals surface area contributed by atoms with Crippen LogP contribution in [0.25, 0.3) is 11.1 Å². The van der Waals surface area contributed by atoms with Crippen LogP contribution >= 0.6 is 22.6 Å². The summed E-state index contributed by atoms with van der Waals surface area (Å²) in [5.41, 5.74) is 1.13. The molecule has 2 rings (SSSR count). The van der Waals surface area contributed by atoms with Gasteiger partial charge < -0.3 is 4.42 Å². The molecule has 0 aliphatic heterocycles. The minimum atomic E-state index is -3.10. The van der Waals surface area contributed by atoms with E-state index >= 15 is 0 Å². The van der Waals surface area contributed by atoms with Gasteiger partial charge in [-0.25, -0.2) is 13.2 Å². The molecule has 0 aliphatic rings. The minimum absolute atomic E-state index is 0.0403. The van der Waals surface area contributed by atoms with Gasteiger partial charge in [0.1, 0.15) is 0 Å². The zero-order chi connectivity index (χ0) is 14.0. The van der Waals surface area contributed by atoms with Crippen LogP contribution in [0.4, 0.5) is 0 Å². The molecule has 0 atom stereocenters. The average Bonchev–Trinajstić information content (AvgIpc) is 2.61. The zero-order valence-corrected chi connectivity index (χ0v) is 13.4. The topological polar surface area (TPSA) is 69.3 Å². The second kappa shape index (κ2) is 5.66. The fourth-order valence-electron chi connectivity index (χ4n) is 1.90. The van der Waals surface area contributed by atoms with E-state index in [1.807, 2.05) is 13.0 Å². The lowest BCUT2D eigenvalue weighted by Crippen LogP contribution is -2.21. The van der Waals surface area contributed by atoms with E-state index in [4.69, 9.17) is 4.42 Å². The SMILES string of the molecule is CCCS(=O)(=O)CCn1c(=O)oc2cc(I)ccc21. The first-order valence-electron chi connectivity index (χ1n) is 5.92. The summed E-state index contributed by atoms with van der Waals surface area (Å²) in [7, 11) is -3.10. The highest BCUT2D eigenvalue weighted by Crippen LogP contribution is 2.16. The van der Waals surface area contributed by atoms with Gasteiger partial charge in [0, 0.05) is 15.9 Å². The van der Waals surface area contributed by atoms with Crippen molar-refractivity contribution in [2.24, 2.45) is 0 Å². The van der Waals surface area contributed by atoms with Crippen LogP contribution in [-0.4, -0.2) is 24.5 Å². The smallest absolute Gasteiger partial charge is 0.408 e. The molecule has 2 aromatic rings. The van der Waals surface area contributed by atoms with Gasteiger partial charge in [0.2, 0.25) is 0 Å². The van der Waals surface area contributed by atoms with Crippen LogP contribution in [0.5, 0.6) is 0 Å². The van der Waals surface area contributed by atoms with Crippen molar-refractivity contribution in [3.63, 3.8) is 0 Å². The monoisotopic (exact) mass is 395 g/mol. The Hall–Kier alpha value is -0.830. The predicted octanol–water partition coefficient (Wildman–Crippen LogP) is 2.02. The third-order valence-electron chi connectivity index (χ3n) is 2.77. The molecule has 0 fully saturated rings. The molecular formula is C12H14INO4S. The summed E-state index contributed by atoms with van der Waals surface area (Å²) in [6.45, 7) is 1.95. The Morgan fingerprint density at radius 2 is 2.05 bits per heavy atom.